The predicted octanol–water partition coefficient (Wildman–Crippen LogP) is 4.52. The molecule has 7 nitrogen and oxygen atoms in total. The topological polar surface area (TPSA) is 96.4 Å². The van der Waals surface area contributed by atoms with E-state index < -0.39 is 10.0 Å². The Morgan fingerprint density at radius 1 is 0.844 bits per heavy atom. The van der Waals surface area contributed by atoms with Gasteiger partial charge in [0, 0.05) is 16.1 Å². The van der Waals surface area contributed by atoms with Crippen LogP contribution in [0.3, 0.4) is 0 Å². The van der Waals surface area contributed by atoms with Crippen LogP contribution in [0, 0.1) is 0 Å². The van der Waals surface area contributed by atoms with E-state index in [1.165, 1.54) is 12.1 Å². The molecule has 0 aliphatic rings. The van der Waals surface area contributed by atoms with E-state index in [4.69, 9.17) is 31.3 Å². The zero-order chi connectivity index (χ0) is 22.9. The summed E-state index contributed by atoms with van der Waals surface area (Å²) in [5, 5.41) is 10.6. The molecule has 0 spiro atoms. The fourth-order valence-electron chi connectivity index (χ4n) is 3.32. The Labute approximate surface area is 191 Å². The number of hydrogen-bond acceptors (Lipinski definition) is 5. The molecule has 1 aromatic heterocycles. The van der Waals surface area contributed by atoms with Crippen molar-refractivity contribution in [2.45, 2.75) is 4.90 Å². The van der Waals surface area contributed by atoms with Crippen molar-refractivity contribution in [2.75, 3.05) is 14.2 Å². The summed E-state index contributed by atoms with van der Waals surface area (Å²) in [6.07, 6.45) is 0. The summed E-state index contributed by atoms with van der Waals surface area (Å²) in [6, 6.07) is 21.1. The van der Waals surface area contributed by atoms with Crippen LogP contribution in [0.25, 0.3) is 28.2 Å². The zero-order valence-corrected chi connectivity index (χ0v) is 18.9. The average Bonchev–Trinajstić information content (AvgIpc) is 3.24. The number of nitrogens with zero attached hydrogens (tertiary/aromatic N) is 2. The lowest BCUT2D eigenvalue weighted by molar-refractivity contribution is 0.355. The maximum Gasteiger partial charge on any atom is 0.238 e. The Balaban J connectivity index is 1.87. The highest BCUT2D eigenvalue weighted by Crippen LogP contribution is 2.34. The van der Waals surface area contributed by atoms with Crippen LogP contribution in [0.15, 0.2) is 77.7 Å². The van der Waals surface area contributed by atoms with Crippen LogP contribution < -0.4 is 14.6 Å². The molecule has 0 saturated heterocycles. The summed E-state index contributed by atoms with van der Waals surface area (Å²) in [5.41, 5.74) is 3.90. The molecule has 9 heteroatoms. The highest BCUT2D eigenvalue weighted by Gasteiger charge is 2.16. The fraction of sp³-hybridized carbons (Fsp3) is 0.0870. The zero-order valence-electron chi connectivity index (χ0n) is 17.3. The molecule has 0 fully saturated rings. The van der Waals surface area contributed by atoms with E-state index in [-0.39, 0.29) is 4.90 Å². The molecule has 0 radical (unpaired) electrons. The van der Waals surface area contributed by atoms with Gasteiger partial charge >= 0.3 is 0 Å². The fourth-order valence-corrected chi connectivity index (χ4v) is 3.96. The highest BCUT2D eigenvalue weighted by molar-refractivity contribution is 7.89. The lowest BCUT2D eigenvalue weighted by Gasteiger charge is -2.09. The number of rotatable bonds is 6. The Bertz CT molecular complexity index is 1370. The largest absolute Gasteiger partial charge is 0.493 e. The first-order valence-corrected chi connectivity index (χ1v) is 11.4. The van der Waals surface area contributed by atoms with Crippen molar-refractivity contribution in [1.82, 2.24) is 9.78 Å². The summed E-state index contributed by atoms with van der Waals surface area (Å²) < 4.78 is 35.7. The molecule has 1 heterocycles. The third-order valence-corrected chi connectivity index (χ3v) is 6.12. The maximum atomic E-state index is 11.6. The van der Waals surface area contributed by atoms with Gasteiger partial charge in [0.05, 0.1) is 36.2 Å². The Kier molecular flexibility index (Phi) is 5.92. The number of methoxy groups -OCH3 is 2. The van der Waals surface area contributed by atoms with Crippen molar-refractivity contribution < 1.29 is 17.9 Å². The molecular formula is C23H20ClN3O4S. The number of hydrogen-bond donors (Lipinski definition) is 1. The summed E-state index contributed by atoms with van der Waals surface area (Å²) >= 11 is 6.06. The third kappa shape index (κ3) is 4.34. The summed E-state index contributed by atoms with van der Waals surface area (Å²) in [5.74, 6) is 1.21. The lowest BCUT2D eigenvalue weighted by Crippen LogP contribution is -2.12. The van der Waals surface area contributed by atoms with Gasteiger partial charge in [-0.1, -0.05) is 23.7 Å². The van der Waals surface area contributed by atoms with Crippen LogP contribution in [0.4, 0.5) is 0 Å². The number of nitrogens with two attached hydrogens (primary N) is 1. The number of halogens is 1. The van der Waals surface area contributed by atoms with Crippen LogP contribution in [0.5, 0.6) is 11.5 Å². The van der Waals surface area contributed by atoms with Gasteiger partial charge in [-0.3, -0.25) is 0 Å². The van der Waals surface area contributed by atoms with E-state index in [1.807, 2.05) is 36.4 Å². The predicted molar refractivity (Wildman–Crippen MR) is 124 cm³/mol. The Hall–Kier alpha value is -3.33. The summed E-state index contributed by atoms with van der Waals surface area (Å²) in [4.78, 5) is 0.0292. The van der Waals surface area contributed by atoms with Gasteiger partial charge in [0.2, 0.25) is 10.0 Å². The van der Waals surface area contributed by atoms with Crippen LogP contribution in [-0.2, 0) is 10.0 Å². The maximum absolute atomic E-state index is 11.6. The molecule has 0 unspecified atom stereocenters. The molecule has 4 rings (SSSR count). The molecule has 2 N–H and O–H groups in total. The second kappa shape index (κ2) is 8.66. The van der Waals surface area contributed by atoms with Crippen molar-refractivity contribution in [3.8, 4) is 39.7 Å². The number of ether oxygens (including phenoxy) is 2. The SMILES string of the molecule is COc1ccc(-c2cc(-c3ccc(Cl)cc3)n(-c3ccc(S(N)(=O)=O)cc3)n2)cc1OC. The van der Waals surface area contributed by atoms with Crippen molar-refractivity contribution in [2.24, 2.45) is 5.14 Å². The van der Waals surface area contributed by atoms with Gasteiger partial charge in [0.25, 0.3) is 0 Å². The normalized spacial score (nSPS) is 11.4. The lowest BCUT2D eigenvalue weighted by atomic mass is 10.1. The van der Waals surface area contributed by atoms with Gasteiger partial charge in [0.15, 0.2) is 11.5 Å². The van der Waals surface area contributed by atoms with Crippen LogP contribution in [0.2, 0.25) is 5.02 Å². The molecule has 0 atom stereocenters. The third-order valence-electron chi connectivity index (χ3n) is 4.94. The molecule has 0 aliphatic heterocycles. The van der Waals surface area contributed by atoms with E-state index in [1.54, 1.807) is 43.2 Å². The first-order chi connectivity index (χ1) is 15.3. The Morgan fingerprint density at radius 3 is 2.06 bits per heavy atom. The minimum absolute atomic E-state index is 0.0292. The standard InChI is InChI=1S/C23H20ClN3O4S/c1-30-22-12-5-16(13-23(22)31-2)20-14-21(15-3-6-17(24)7-4-15)27(26-20)18-8-10-19(11-9-18)32(25,28)29/h3-14H,1-2H3,(H2,25,28,29). The van der Waals surface area contributed by atoms with Crippen molar-refractivity contribution in [3.63, 3.8) is 0 Å². The van der Waals surface area contributed by atoms with Gasteiger partial charge in [-0.25, -0.2) is 18.2 Å². The van der Waals surface area contributed by atoms with Crippen molar-refractivity contribution in [3.05, 3.63) is 77.8 Å². The smallest absolute Gasteiger partial charge is 0.238 e. The molecular weight excluding hydrogens is 450 g/mol. The number of aromatic nitrogens is 2. The quantitative estimate of drug-likeness (QED) is 0.447. The molecule has 32 heavy (non-hydrogen) atoms. The number of sulfonamides is 1. The van der Waals surface area contributed by atoms with E-state index >= 15 is 0 Å². The minimum Gasteiger partial charge on any atom is -0.493 e. The molecule has 4 aromatic rings. The van der Waals surface area contributed by atoms with E-state index in [0.717, 1.165) is 16.8 Å². The molecule has 0 amide bonds. The van der Waals surface area contributed by atoms with Gasteiger partial charge < -0.3 is 9.47 Å². The molecule has 0 bridgehead atoms. The Morgan fingerprint density at radius 2 is 1.47 bits per heavy atom. The van der Waals surface area contributed by atoms with Gasteiger partial charge in [-0.15, -0.1) is 0 Å². The second-order valence-electron chi connectivity index (χ2n) is 6.94. The highest BCUT2D eigenvalue weighted by atomic mass is 35.5. The van der Waals surface area contributed by atoms with E-state index in [0.29, 0.717) is 27.9 Å². The van der Waals surface area contributed by atoms with E-state index in [9.17, 15) is 8.42 Å². The molecule has 164 valence electrons. The van der Waals surface area contributed by atoms with Crippen LogP contribution >= 0.6 is 11.6 Å². The van der Waals surface area contributed by atoms with Gasteiger partial charge in [0.1, 0.15) is 0 Å². The minimum atomic E-state index is -3.79. The van der Waals surface area contributed by atoms with Gasteiger partial charge in [-0.2, -0.15) is 5.10 Å². The first-order valence-electron chi connectivity index (χ1n) is 9.52. The van der Waals surface area contributed by atoms with Crippen LogP contribution in [0.1, 0.15) is 0 Å². The number of benzene rings is 3. The summed E-state index contributed by atoms with van der Waals surface area (Å²) in [6.45, 7) is 0. The number of primary sulfonamides is 1. The van der Waals surface area contributed by atoms with Crippen LogP contribution in [-0.4, -0.2) is 32.4 Å². The summed E-state index contributed by atoms with van der Waals surface area (Å²) in [7, 11) is -0.636. The van der Waals surface area contributed by atoms with E-state index in [2.05, 4.69) is 0 Å². The second-order valence-corrected chi connectivity index (χ2v) is 8.94. The molecule has 0 saturated carbocycles. The molecule has 0 aliphatic carbocycles. The van der Waals surface area contributed by atoms with Crippen molar-refractivity contribution in [1.29, 1.82) is 0 Å². The first kappa shape index (κ1) is 21.9. The van der Waals surface area contributed by atoms with Gasteiger partial charge in [-0.05, 0) is 60.7 Å². The molecule has 3 aromatic carbocycles. The average molecular weight is 470 g/mol. The monoisotopic (exact) mass is 469 g/mol. The van der Waals surface area contributed by atoms with Crippen molar-refractivity contribution >= 4 is 21.6 Å².